The Morgan fingerprint density at radius 1 is 1.15 bits per heavy atom. The third kappa shape index (κ3) is 3.66. The minimum atomic E-state index is -1.02. The SMILES string of the molecule is O=C(O)c1ccc(COc2ccc(Br)cc2Cl)c(Cl)c1. The fourth-order valence-corrected chi connectivity index (χ4v) is 2.51. The second kappa shape index (κ2) is 6.48. The molecule has 0 aliphatic carbocycles. The monoisotopic (exact) mass is 374 g/mol. The van der Waals surface area contributed by atoms with Gasteiger partial charge < -0.3 is 9.84 Å². The molecule has 3 nitrogen and oxygen atoms in total. The molecule has 0 amide bonds. The van der Waals surface area contributed by atoms with Gasteiger partial charge in [0.2, 0.25) is 0 Å². The molecule has 0 spiro atoms. The number of carbonyl (C=O) groups is 1. The molecule has 0 heterocycles. The fraction of sp³-hybridized carbons (Fsp3) is 0.0714. The zero-order chi connectivity index (χ0) is 14.7. The Bertz CT molecular complexity index is 659. The predicted molar refractivity (Wildman–Crippen MR) is 81.9 cm³/mol. The lowest BCUT2D eigenvalue weighted by molar-refractivity contribution is 0.0697. The number of carboxylic acids is 1. The molecule has 1 N–H and O–H groups in total. The first-order valence-electron chi connectivity index (χ1n) is 5.57. The Labute approximate surface area is 134 Å². The van der Waals surface area contributed by atoms with Crippen LogP contribution in [0.3, 0.4) is 0 Å². The van der Waals surface area contributed by atoms with Gasteiger partial charge in [-0.2, -0.15) is 0 Å². The highest BCUT2D eigenvalue weighted by Gasteiger charge is 2.08. The minimum Gasteiger partial charge on any atom is -0.487 e. The van der Waals surface area contributed by atoms with E-state index in [2.05, 4.69) is 15.9 Å². The van der Waals surface area contributed by atoms with E-state index in [9.17, 15) is 4.79 Å². The molecule has 0 saturated heterocycles. The van der Waals surface area contributed by atoms with Crippen LogP contribution in [0, 0.1) is 0 Å². The van der Waals surface area contributed by atoms with Crippen LogP contribution in [0.5, 0.6) is 5.75 Å². The normalized spacial score (nSPS) is 10.3. The van der Waals surface area contributed by atoms with Gasteiger partial charge in [0.15, 0.2) is 0 Å². The summed E-state index contributed by atoms with van der Waals surface area (Å²) in [6, 6.07) is 9.79. The molecule has 0 aliphatic rings. The maximum Gasteiger partial charge on any atom is 0.335 e. The molecule has 0 saturated carbocycles. The Morgan fingerprint density at radius 2 is 1.90 bits per heavy atom. The van der Waals surface area contributed by atoms with Crippen LogP contribution in [0.1, 0.15) is 15.9 Å². The van der Waals surface area contributed by atoms with Crippen molar-refractivity contribution in [2.45, 2.75) is 6.61 Å². The Morgan fingerprint density at radius 3 is 2.50 bits per heavy atom. The molecule has 2 aromatic carbocycles. The van der Waals surface area contributed by atoms with Crippen LogP contribution < -0.4 is 4.74 Å². The molecule has 0 fully saturated rings. The summed E-state index contributed by atoms with van der Waals surface area (Å²) < 4.78 is 6.43. The van der Waals surface area contributed by atoms with Crippen molar-refractivity contribution in [1.82, 2.24) is 0 Å². The number of rotatable bonds is 4. The minimum absolute atomic E-state index is 0.139. The molecule has 6 heteroatoms. The highest BCUT2D eigenvalue weighted by molar-refractivity contribution is 9.10. The molecule has 0 aliphatic heterocycles. The standard InChI is InChI=1S/C14H9BrCl2O3/c15-10-3-4-13(12(17)6-10)20-7-9-2-1-8(14(18)19)5-11(9)16/h1-6H,7H2,(H,18,19). The predicted octanol–water partition coefficient (Wildman–Crippen LogP) is 5.03. The third-order valence-electron chi connectivity index (χ3n) is 2.58. The Balaban J connectivity index is 2.13. The van der Waals surface area contributed by atoms with E-state index in [0.717, 1.165) is 4.47 Å². The molecule has 0 bridgehead atoms. The highest BCUT2D eigenvalue weighted by atomic mass is 79.9. The molecular formula is C14H9BrCl2O3. The zero-order valence-corrected chi connectivity index (χ0v) is 13.2. The average molecular weight is 376 g/mol. The van der Waals surface area contributed by atoms with E-state index in [1.54, 1.807) is 18.2 Å². The van der Waals surface area contributed by atoms with Crippen molar-refractivity contribution in [3.05, 3.63) is 62.0 Å². The summed E-state index contributed by atoms with van der Waals surface area (Å²) >= 11 is 15.4. The number of ether oxygens (including phenoxy) is 1. The first-order chi connectivity index (χ1) is 9.47. The summed E-state index contributed by atoms with van der Waals surface area (Å²) in [5.41, 5.74) is 0.830. The number of aromatic carboxylic acids is 1. The maximum atomic E-state index is 10.8. The van der Waals surface area contributed by atoms with Crippen molar-refractivity contribution in [2.24, 2.45) is 0 Å². The third-order valence-corrected chi connectivity index (χ3v) is 3.72. The Hall–Kier alpha value is -1.23. The van der Waals surface area contributed by atoms with E-state index in [1.165, 1.54) is 12.1 Å². The summed E-state index contributed by atoms with van der Waals surface area (Å²) in [6.07, 6.45) is 0. The van der Waals surface area contributed by atoms with Crippen molar-refractivity contribution in [3.8, 4) is 5.75 Å². The second-order valence-electron chi connectivity index (χ2n) is 3.97. The van der Waals surface area contributed by atoms with Gasteiger partial charge in [0.1, 0.15) is 12.4 Å². The van der Waals surface area contributed by atoms with Gasteiger partial charge in [-0.15, -0.1) is 0 Å². The summed E-state index contributed by atoms with van der Waals surface area (Å²) in [4.78, 5) is 10.8. The summed E-state index contributed by atoms with van der Waals surface area (Å²) in [5, 5.41) is 9.69. The Kier molecular flexibility index (Phi) is 4.91. The van der Waals surface area contributed by atoms with Gasteiger partial charge in [0, 0.05) is 15.1 Å². The van der Waals surface area contributed by atoms with E-state index < -0.39 is 5.97 Å². The molecular weight excluding hydrogens is 367 g/mol. The smallest absolute Gasteiger partial charge is 0.335 e. The van der Waals surface area contributed by atoms with Gasteiger partial charge >= 0.3 is 5.97 Å². The van der Waals surface area contributed by atoms with E-state index in [4.69, 9.17) is 33.0 Å². The van der Waals surface area contributed by atoms with Crippen molar-refractivity contribution < 1.29 is 14.6 Å². The molecule has 0 radical (unpaired) electrons. The maximum absolute atomic E-state index is 10.8. The largest absolute Gasteiger partial charge is 0.487 e. The van der Waals surface area contributed by atoms with Crippen molar-refractivity contribution in [3.63, 3.8) is 0 Å². The lowest BCUT2D eigenvalue weighted by Gasteiger charge is -2.10. The van der Waals surface area contributed by atoms with Gasteiger partial charge in [-0.25, -0.2) is 4.79 Å². The van der Waals surface area contributed by atoms with Crippen LogP contribution in [-0.2, 0) is 6.61 Å². The lowest BCUT2D eigenvalue weighted by Crippen LogP contribution is -2.00. The van der Waals surface area contributed by atoms with Gasteiger partial charge in [-0.1, -0.05) is 45.2 Å². The fourth-order valence-electron chi connectivity index (χ4n) is 1.55. The first-order valence-corrected chi connectivity index (χ1v) is 7.12. The van der Waals surface area contributed by atoms with E-state index in [-0.39, 0.29) is 12.2 Å². The summed E-state index contributed by atoms with van der Waals surface area (Å²) in [6.45, 7) is 0.208. The zero-order valence-electron chi connectivity index (χ0n) is 10.1. The highest BCUT2D eigenvalue weighted by Crippen LogP contribution is 2.29. The van der Waals surface area contributed by atoms with Crippen LogP contribution in [0.25, 0.3) is 0 Å². The van der Waals surface area contributed by atoms with E-state index in [0.29, 0.717) is 21.4 Å². The van der Waals surface area contributed by atoms with Crippen LogP contribution in [-0.4, -0.2) is 11.1 Å². The number of halogens is 3. The summed E-state index contributed by atoms with van der Waals surface area (Å²) in [7, 11) is 0. The summed E-state index contributed by atoms with van der Waals surface area (Å²) in [5.74, 6) is -0.483. The molecule has 0 aromatic heterocycles. The molecule has 2 aromatic rings. The quantitative estimate of drug-likeness (QED) is 0.814. The van der Waals surface area contributed by atoms with E-state index in [1.807, 2.05) is 6.07 Å². The van der Waals surface area contributed by atoms with Crippen LogP contribution >= 0.6 is 39.1 Å². The number of carboxylic acid groups (broad SMARTS) is 1. The molecule has 104 valence electrons. The van der Waals surface area contributed by atoms with Crippen molar-refractivity contribution in [2.75, 3.05) is 0 Å². The number of hydrogen-bond acceptors (Lipinski definition) is 2. The number of hydrogen-bond donors (Lipinski definition) is 1. The van der Waals surface area contributed by atoms with Gasteiger partial charge in [0.25, 0.3) is 0 Å². The van der Waals surface area contributed by atoms with Crippen molar-refractivity contribution >= 4 is 45.1 Å². The first kappa shape index (κ1) is 15.2. The molecule has 20 heavy (non-hydrogen) atoms. The number of benzene rings is 2. The lowest BCUT2D eigenvalue weighted by atomic mass is 10.1. The molecule has 0 atom stereocenters. The van der Waals surface area contributed by atoms with Crippen LogP contribution in [0.4, 0.5) is 0 Å². The second-order valence-corrected chi connectivity index (χ2v) is 5.70. The van der Waals surface area contributed by atoms with Gasteiger partial charge in [0.05, 0.1) is 10.6 Å². The van der Waals surface area contributed by atoms with Crippen LogP contribution in [0.2, 0.25) is 10.0 Å². The van der Waals surface area contributed by atoms with E-state index >= 15 is 0 Å². The van der Waals surface area contributed by atoms with Gasteiger partial charge in [-0.3, -0.25) is 0 Å². The van der Waals surface area contributed by atoms with Crippen LogP contribution in [0.15, 0.2) is 40.9 Å². The van der Waals surface area contributed by atoms with Gasteiger partial charge in [-0.05, 0) is 30.3 Å². The average Bonchev–Trinajstić information content (AvgIpc) is 2.38. The van der Waals surface area contributed by atoms with Crippen molar-refractivity contribution in [1.29, 1.82) is 0 Å². The molecule has 0 unspecified atom stereocenters. The molecule has 2 rings (SSSR count). The topological polar surface area (TPSA) is 46.5 Å².